The Morgan fingerprint density at radius 3 is 2.89 bits per heavy atom. The van der Waals surface area contributed by atoms with Crippen molar-refractivity contribution in [3.63, 3.8) is 0 Å². The van der Waals surface area contributed by atoms with Gasteiger partial charge in [0.25, 0.3) is 0 Å². The molecule has 1 fully saturated rings. The van der Waals surface area contributed by atoms with Crippen LogP contribution >= 0.6 is 0 Å². The van der Waals surface area contributed by atoms with Crippen LogP contribution in [0.25, 0.3) is 0 Å². The van der Waals surface area contributed by atoms with Crippen molar-refractivity contribution >= 4 is 5.84 Å². The minimum Gasteiger partial charge on any atom is -0.409 e. The minimum atomic E-state index is 0.218. The molecule has 19 heavy (non-hydrogen) atoms. The van der Waals surface area contributed by atoms with Crippen molar-refractivity contribution in [3.8, 4) is 0 Å². The summed E-state index contributed by atoms with van der Waals surface area (Å²) in [5, 5.41) is 11.9. The molecule has 4 nitrogen and oxygen atoms in total. The molecule has 1 unspecified atom stereocenters. The summed E-state index contributed by atoms with van der Waals surface area (Å²) in [6.07, 6.45) is 4.44. The van der Waals surface area contributed by atoms with Crippen molar-refractivity contribution in [3.05, 3.63) is 35.9 Å². The number of likely N-dealkylation sites (tertiary alicyclic amines) is 1. The highest BCUT2D eigenvalue weighted by Crippen LogP contribution is 2.17. The van der Waals surface area contributed by atoms with Gasteiger partial charge in [-0.15, -0.1) is 0 Å². The van der Waals surface area contributed by atoms with Gasteiger partial charge in [0.1, 0.15) is 5.84 Å². The number of hydrogen-bond acceptors (Lipinski definition) is 3. The number of piperidine rings is 1. The van der Waals surface area contributed by atoms with Gasteiger partial charge < -0.3 is 15.8 Å². The Bertz CT molecular complexity index is 405. The summed E-state index contributed by atoms with van der Waals surface area (Å²) in [6, 6.07) is 10.6. The van der Waals surface area contributed by atoms with E-state index in [0.717, 1.165) is 45.3 Å². The molecule has 0 amide bonds. The highest BCUT2D eigenvalue weighted by atomic mass is 16.4. The third kappa shape index (κ3) is 4.24. The van der Waals surface area contributed by atoms with Gasteiger partial charge in [-0.25, -0.2) is 0 Å². The van der Waals surface area contributed by atoms with Crippen LogP contribution in [-0.2, 0) is 6.42 Å². The fourth-order valence-corrected chi connectivity index (χ4v) is 2.73. The Hall–Kier alpha value is -1.55. The van der Waals surface area contributed by atoms with Gasteiger partial charge in [-0.2, -0.15) is 0 Å². The maximum atomic E-state index is 8.74. The quantitative estimate of drug-likeness (QED) is 0.369. The Kier molecular flexibility index (Phi) is 5.21. The maximum Gasteiger partial charge on any atom is 0.143 e. The van der Waals surface area contributed by atoms with Crippen LogP contribution < -0.4 is 5.73 Å². The number of amidine groups is 1. The lowest BCUT2D eigenvalue weighted by atomic mass is 9.96. The van der Waals surface area contributed by atoms with Gasteiger partial charge in [0, 0.05) is 12.5 Å². The van der Waals surface area contributed by atoms with E-state index in [1.54, 1.807) is 0 Å². The Morgan fingerprint density at radius 1 is 1.37 bits per heavy atom. The fourth-order valence-electron chi connectivity index (χ4n) is 2.73. The molecule has 1 aliphatic rings. The van der Waals surface area contributed by atoms with Gasteiger partial charge in [-0.1, -0.05) is 35.5 Å². The topological polar surface area (TPSA) is 61.9 Å². The first-order valence-corrected chi connectivity index (χ1v) is 7.03. The van der Waals surface area contributed by atoms with Crippen LogP contribution in [0.4, 0.5) is 0 Å². The van der Waals surface area contributed by atoms with Crippen molar-refractivity contribution in [1.29, 1.82) is 0 Å². The van der Waals surface area contributed by atoms with Crippen LogP contribution in [0.15, 0.2) is 35.5 Å². The van der Waals surface area contributed by atoms with Gasteiger partial charge >= 0.3 is 0 Å². The number of rotatable bonds is 5. The average molecular weight is 261 g/mol. The van der Waals surface area contributed by atoms with Crippen LogP contribution in [0.3, 0.4) is 0 Å². The summed E-state index contributed by atoms with van der Waals surface area (Å²) < 4.78 is 0. The number of hydrogen-bond donors (Lipinski definition) is 2. The molecule has 0 radical (unpaired) electrons. The van der Waals surface area contributed by atoms with E-state index in [1.807, 2.05) is 0 Å². The summed E-state index contributed by atoms with van der Waals surface area (Å²) in [7, 11) is 0. The molecule has 0 aliphatic carbocycles. The van der Waals surface area contributed by atoms with Gasteiger partial charge in [0.2, 0.25) is 0 Å². The summed E-state index contributed by atoms with van der Waals surface area (Å²) in [5.74, 6) is 0.600. The lowest BCUT2D eigenvalue weighted by molar-refractivity contribution is 0.198. The van der Waals surface area contributed by atoms with E-state index in [9.17, 15) is 0 Å². The zero-order chi connectivity index (χ0) is 13.5. The molecule has 4 heteroatoms. The predicted molar refractivity (Wildman–Crippen MR) is 77.3 cm³/mol. The second-order valence-corrected chi connectivity index (χ2v) is 5.25. The lowest BCUT2D eigenvalue weighted by Gasteiger charge is -2.31. The van der Waals surface area contributed by atoms with E-state index >= 15 is 0 Å². The van der Waals surface area contributed by atoms with Gasteiger partial charge in [-0.3, -0.25) is 0 Å². The molecule has 3 N–H and O–H groups in total. The number of aryl methyl sites for hydroxylation is 1. The molecule has 1 aliphatic heterocycles. The smallest absolute Gasteiger partial charge is 0.143 e. The normalized spacial score (nSPS) is 21.5. The van der Waals surface area contributed by atoms with E-state index in [4.69, 9.17) is 10.9 Å². The largest absolute Gasteiger partial charge is 0.409 e. The summed E-state index contributed by atoms with van der Waals surface area (Å²) in [4.78, 5) is 2.43. The van der Waals surface area contributed by atoms with Gasteiger partial charge in [0.15, 0.2) is 0 Å². The first-order chi connectivity index (χ1) is 9.29. The molecule has 0 bridgehead atoms. The zero-order valence-corrected chi connectivity index (χ0v) is 11.3. The second kappa shape index (κ2) is 7.14. The number of nitrogens with zero attached hydrogens (tertiary/aromatic N) is 2. The molecule has 2 rings (SSSR count). The van der Waals surface area contributed by atoms with E-state index in [1.165, 1.54) is 5.56 Å². The molecule has 0 spiro atoms. The van der Waals surface area contributed by atoms with Crippen LogP contribution in [0.5, 0.6) is 0 Å². The Morgan fingerprint density at radius 2 is 2.16 bits per heavy atom. The molecular formula is C15H23N3O. The summed E-state index contributed by atoms with van der Waals surface area (Å²) in [6.45, 7) is 3.14. The Balaban J connectivity index is 1.74. The molecule has 0 saturated carbocycles. The van der Waals surface area contributed by atoms with E-state index in [-0.39, 0.29) is 5.92 Å². The number of oxime groups is 1. The van der Waals surface area contributed by atoms with Crippen LogP contribution in [0.1, 0.15) is 24.8 Å². The highest BCUT2D eigenvalue weighted by molar-refractivity contribution is 5.82. The third-order valence-electron chi connectivity index (χ3n) is 3.82. The van der Waals surface area contributed by atoms with Crippen molar-refractivity contribution in [2.45, 2.75) is 25.7 Å². The van der Waals surface area contributed by atoms with E-state index in [2.05, 4.69) is 40.4 Å². The van der Waals surface area contributed by atoms with Crippen molar-refractivity contribution < 1.29 is 5.21 Å². The van der Waals surface area contributed by atoms with Crippen molar-refractivity contribution in [2.75, 3.05) is 19.6 Å². The second-order valence-electron chi connectivity index (χ2n) is 5.25. The zero-order valence-electron chi connectivity index (χ0n) is 11.3. The maximum absolute atomic E-state index is 8.74. The Labute approximate surface area is 114 Å². The van der Waals surface area contributed by atoms with Crippen LogP contribution in [0, 0.1) is 5.92 Å². The standard InChI is InChI=1S/C15H23N3O/c16-15(17-19)14-9-5-11-18(12-14)10-4-8-13-6-2-1-3-7-13/h1-3,6-7,14,19H,4-5,8-12H2,(H2,16,17). The van der Waals surface area contributed by atoms with Gasteiger partial charge in [0.05, 0.1) is 0 Å². The average Bonchev–Trinajstić information content (AvgIpc) is 2.48. The summed E-state index contributed by atoms with van der Waals surface area (Å²) >= 11 is 0. The minimum absolute atomic E-state index is 0.218. The predicted octanol–water partition coefficient (Wildman–Crippen LogP) is 2.08. The van der Waals surface area contributed by atoms with Crippen LogP contribution in [0.2, 0.25) is 0 Å². The number of nitrogens with two attached hydrogens (primary N) is 1. The van der Waals surface area contributed by atoms with E-state index < -0.39 is 0 Å². The molecule has 1 aromatic rings. The van der Waals surface area contributed by atoms with E-state index in [0.29, 0.717) is 5.84 Å². The summed E-state index contributed by atoms with van der Waals surface area (Å²) in [5.41, 5.74) is 7.10. The highest BCUT2D eigenvalue weighted by Gasteiger charge is 2.22. The lowest BCUT2D eigenvalue weighted by Crippen LogP contribution is -2.41. The first-order valence-electron chi connectivity index (χ1n) is 7.03. The molecule has 1 aromatic carbocycles. The SMILES string of the molecule is NC(=NO)C1CCCN(CCCc2ccccc2)C1. The molecule has 104 valence electrons. The third-order valence-corrected chi connectivity index (χ3v) is 3.82. The molecule has 1 atom stereocenters. The van der Waals surface area contributed by atoms with Crippen molar-refractivity contribution in [2.24, 2.45) is 16.8 Å². The number of benzene rings is 1. The monoisotopic (exact) mass is 261 g/mol. The molecule has 0 aromatic heterocycles. The van der Waals surface area contributed by atoms with Gasteiger partial charge in [-0.05, 0) is 44.3 Å². The van der Waals surface area contributed by atoms with Crippen molar-refractivity contribution in [1.82, 2.24) is 4.90 Å². The first kappa shape index (κ1) is 13.9. The fraction of sp³-hybridized carbons (Fsp3) is 0.533. The molecule has 1 saturated heterocycles. The molecule has 1 heterocycles. The molecular weight excluding hydrogens is 238 g/mol. The van der Waals surface area contributed by atoms with Crippen LogP contribution in [-0.4, -0.2) is 35.6 Å².